The zero-order valence-electron chi connectivity index (χ0n) is 12.3. The number of hydrogen-bond acceptors (Lipinski definition) is 4. The summed E-state index contributed by atoms with van der Waals surface area (Å²) in [5.74, 6) is 1.05. The van der Waals surface area contributed by atoms with Gasteiger partial charge in [-0.2, -0.15) is 0 Å². The van der Waals surface area contributed by atoms with E-state index < -0.39 is 9.84 Å². The van der Waals surface area contributed by atoms with Crippen LogP contribution in [0.2, 0.25) is 0 Å². The normalized spacial score (nSPS) is 12.4. The molecule has 20 heavy (non-hydrogen) atoms. The third-order valence-electron chi connectivity index (χ3n) is 2.98. The lowest BCUT2D eigenvalue weighted by atomic mass is 10.3. The molecule has 0 bridgehead atoms. The van der Waals surface area contributed by atoms with Crippen LogP contribution < -0.4 is 5.32 Å². The van der Waals surface area contributed by atoms with Gasteiger partial charge in [-0.25, -0.2) is 8.42 Å². The smallest absolute Gasteiger partial charge is 0.193 e. The van der Waals surface area contributed by atoms with Crippen LogP contribution in [0.1, 0.15) is 11.8 Å². The standard InChI is InChI=1S/C13H23N3O2S2/c1-4-20(17,18)11-8-15-13(14-2)16(3)9-7-12-6-5-10-19-12/h5-6,10H,4,7-9,11H2,1-3H3,(H,14,15). The van der Waals surface area contributed by atoms with E-state index >= 15 is 0 Å². The van der Waals surface area contributed by atoms with Gasteiger partial charge in [-0.1, -0.05) is 13.0 Å². The molecular weight excluding hydrogens is 294 g/mol. The molecule has 1 heterocycles. The number of guanidine groups is 1. The van der Waals surface area contributed by atoms with Crippen LogP contribution in [0.5, 0.6) is 0 Å². The summed E-state index contributed by atoms with van der Waals surface area (Å²) in [5, 5.41) is 5.16. The number of nitrogens with zero attached hydrogens (tertiary/aromatic N) is 2. The van der Waals surface area contributed by atoms with Crippen molar-refractivity contribution in [2.75, 3.05) is 38.7 Å². The van der Waals surface area contributed by atoms with Crippen LogP contribution in [0.15, 0.2) is 22.5 Å². The molecule has 0 saturated heterocycles. The molecule has 0 aliphatic heterocycles. The van der Waals surface area contributed by atoms with Gasteiger partial charge in [0.25, 0.3) is 0 Å². The Morgan fingerprint density at radius 3 is 2.80 bits per heavy atom. The molecule has 0 saturated carbocycles. The minimum Gasteiger partial charge on any atom is -0.355 e. The van der Waals surface area contributed by atoms with Crippen LogP contribution in [0.25, 0.3) is 0 Å². The van der Waals surface area contributed by atoms with E-state index in [9.17, 15) is 8.42 Å². The third-order valence-corrected chi connectivity index (χ3v) is 5.63. The van der Waals surface area contributed by atoms with E-state index in [-0.39, 0.29) is 11.5 Å². The first-order chi connectivity index (χ1) is 9.48. The third kappa shape index (κ3) is 5.92. The number of sulfone groups is 1. The Bertz CT molecular complexity index is 510. The van der Waals surface area contributed by atoms with Gasteiger partial charge in [0.1, 0.15) is 0 Å². The maximum Gasteiger partial charge on any atom is 0.193 e. The van der Waals surface area contributed by atoms with E-state index in [2.05, 4.69) is 21.8 Å². The maximum atomic E-state index is 11.4. The summed E-state index contributed by atoms with van der Waals surface area (Å²) in [6.07, 6.45) is 0.960. The summed E-state index contributed by atoms with van der Waals surface area (Å²) < 4.78 is 22.9. The molecule has 1 aromatic rings. The van der Waals surface area contributed by atoms with Gasteiger partial charge < -0.3 is 10.2 Å². The Morgan fingerprint density at radius 2 is 2.25 bits per heavy atom. The second kappa shape index (κ2) is 8.26. The van der Waals surface area contributed by atoms with E-state index in [1.807, 2.05) is 18.0 Å². The highest BCUT2D eigenvalue weighted by molar-refractivity contribution is 7.91. The Kier molecular flexibility index (Phi) is 7.01. The maximum absolute atomic E-state index is 11.4. The summed E-state index contributed by atoms with van der Waals surface area (Å²) in [6.45, 7) is 2.91. The molecule has 0 aliphatic carbocycles. The van der Waals surface area contributed by atoms with Gasteiger partial charge >= 0.3 is 0 Å². The number of rotatable bonds is 7. The van der Waals surface area contributed by atoms with E-state index in [1.165, 1.54) is 4.88 Å². The molecule has 1 rings (SSSR count). The summed E-state index contributed by atoms with van der Waals surface area (Å²) in [6, 6.07) is 4.16. The van der Waals surface area contributed by atoms with Gasteiger partial charge in [-0.15, -0.1) is 11.3 Å². The predicted molar refractivity (Wildman–Crippen MR) is 86.3 cm³/mol. The van der Waals surface area contributed by atoms with Crippen molar-refractivity contribution in [3.8, 4) is 0 Å². The Morgan fingerprint density at radius 1 is 1.50 bits per heavy atom. The first kappa shape index (κ1) is 17.0. The van der Waals surface area contributed by atoms with Gasteiger partial charge in [0.2, 0.25) is 0 Å². The molecule has 0 aliphatic rings. The molecule has 0 radical (unpaired) electrons. The van der Waals surface area contributed by atoms with Crippen molar-refractivity contribution in [3.63, 3.8) is 0 Å². The van der Waals surface area contributed by atoms with Crippen LogP contribution in [0, 0.1) is 0 Å². The van der Waals surface area contributed by atoms with E-state index in [0.29, 0.717) is 6.54 Å². The summed E-state index contributed by atoms with van der Waals surface area (Å²) in [4.78, 5) is 7.52. The van der Waals surface area contributed by atoms with Gasteiger partial charge in [0.15, 0.2) is 15.8 Å². The van der Waals surface area contributed by atoms with Crippen LogP contribution >= 0.6 is 11.3 Å². The van der Waals surface area contributed by atoms with Crippen molar-refractivity contribution in [1.82, 2.24) is 10.2 Å². The number of aliphatic imine (C=N–C) groups is 1. The molecule has 0 fully saturated rings. The molecule has 0 atom stereocenters. The number of thiophene rings is 1. The Balaban J connectivity index is 2.38. The van der Waals surface area contributed by atoms with Crippen molar-refractivity contribution in [1.29, 1.82) is 0 Å². The predicted octanol–water partition coefficient (Wildman–Crippen LogP) is 1.23. The molecule has 5 nitrogen and oxygen atoms in total. The van der Waals surface area contributed by atoms with Crippen molar-refractivity contribution < 1.29 is 8.42 Å². The van der Waals surface area contributed by atoms with Crippen LogP contribution in [-0.2, 0) is 16.3 Å². The molecular formula is C13H23N3O2S2. The van der Waals surface area contributed by atoms with Crippen molar-refractivity contribution in [2.24, 2.45) is 4.99 Å². The molecule has 7 heteroatoms. The lowest BCUT2D eigenvalue weighted by Crippen LogP contribution is -2.41. The zero-order chi connectivity index (χ0) is 15.0. The fourth-order valence-corrected chi connectivity index (χ4v) is 3.09. The van der Waals surface area contributed by atoms with Crippen molar-refractivity contribution in [2.45, 2.75) is 13.3 Å². The minimum absolute atomic E-state index is 0.140. The zero-order valence-corrected chi connectivity index (χ0v) is 13.9. The molecule has 0 unspecified atom stereocenters. The topological polar surface area (TPSA) is 61.8 Å². The highest BCUT2D eigenvalue weighted by Crippen LogP contribution is 2.09. The van der Waals surface area contributed by atoms with Crippen molar-refractivity contribution >= 4 is 27.1 Å². The highest BCUT2D eigenvalue weighted by atomic mass is 32.2. The van der Waals surface area contributed by atoms with Gasteiger partial charge in [-0.05, 0) is 17.9 Å². The average Bonchev–Trinajstić information content (AvgIpc) is 2.94. The first-order valence-electron chi connectivity index (χ1n) is 6.63. The molecule has 1 N–H and O–H groups in total. The SMILES string of the molecule is CCS(=O)(=O)CCNC(=NC)N(C)CCc1cccs1. The van der Waals surface area contributed by atoms with Gasteiger partial charge in [0.05, 0.1) is 5.75 Å². The van der Waals surface area contributed by atoms with Crippen molar-refractivity contribution in [3.05, 3.63) is 22.4 Å². The second-order valence-corrected chi connectivity index (χ2v) is 7.97. The lowest BCUT2D eigenvalue weighted by Gasteiger charge is -2.21. The van der Waals surface area contributed by atoms with Crippen LogP contribution in [-0.4, -0.2) is 58.0 Å². The summed E-state index contributed by atoms with van der Waals surface area (Å²) >= 11 is 1.74. The Labute approximate surface area is 125 Å². The summed E-state index contributed by atoms with van der Waals surface area (Å²) in [7, 11) is 0.731. The molecule has 0 aromatic carbocycles. The minimum atomic E-state index is -2.93. The first-order valence-corrected chi connectivity index (χ1v) is 9.33. The monoisotopic (exact) mass is 317 g/mol. The fourth-order valence-electron chi connectivity index (χ4n) is 1.69. The fraction of sp³-hybridized carbons (Fsp3) is 0.615. The molecule has 0 amide bonds. The van der Waals surface area contributed by atoms with Gasteiger partial charge in [-0.3, -0.25) is 4.99 Å². The molecule has 0 spiro atoms. The summed E-state index contributed by atoms with van der Waals surface area (Å²) in [5.41, 5.74) is 0. The van der Waals surface area contributed by atoms with Gasteiger partial charge in [0, 0.05) is 37.8 Å². The van der Waals surface area contributed by atoms with E-state index in [0.717, 1.165) is 18.9 Å². The highest BCUT2D eigenvalue weighted by Gasteiger charge is 2.09. The van der Waals surface area contributed by atoms with E-state index in [4.69, 9.17) is 0 Å². The molecule has 1 aromatic heterocycles. The number of likely N-dealkylation sites (N-methyl/N-ethyl adjacent to an activating group) is 1. The average molecular weight is 317 g/mol. The molecule has 114 valence electrons. The quantitative estimate of drug-likeness (QED) is 0.607. The largest absolute Gasteiger partial charge is 0.355 e. The second-order valence-electron chi connectivity index (χ2n) is 4.46. The van der Waals surface area contributed by atoms with Crippen LogP contribution in [0.3, 0.4) is 0 Å². The Hall–Kier alpha value is -1.08. The van der Waals surface area contributed by atoms with Crippen LogP contribution in [0.4, 0.5) is 0 Å². The van der Waals surface area contributed by atoms with E-state index in [1.54, 1.807) is 25.3 Å². The lowest BCUT2D eigenvalue weighted by molar-refractivity contribution is 0.488. The number of hydrogen-bond donors (Lipinski definition) is 1. The number of nitrogens with one attached hydrogen (secondary N) is 1.